The summed E-state index contributed by atoms with van der Waals surface area (Å²) in [5, 5.41) is 29.6. The molecule has 0 aliphatic heterocycles. The number of benzene rings is 4. The summed E-state index contributed by atoms with van der Waals surface area (Å²) in [6, 6.07) is 27.7. The van der Waals surface area contributed by atoms with Crippen LogP contribution in [0, 0.1) is 0 Å². The molecule has 0 fully saturated rings. The maximum atomic E-state index is 11.6. The molecule has 0 saturated carbocycles. The van der Waals surface area contributed by atoms with Crippen LogP contribution in [0.2, 0.25) is 0 Å². The van der Waals surface area contributed by atoms with Gasteiger partial charge in [0.2, 0.25) is 0 Å². The summed E-state index contributed by atoms with van der Waals surface area (Å²) in [7, 11) is 0. The molecule has 0 spiro atoms. The van der Waals surface area contributed by atoms with E-state index in [1.165, 1.54) is 0 Å². The lowest BCUT2D eigenvalue weighted by Crippen LogP contribution is -2.03. The molecule has 0 aliphatic rings. The summed E-state index contributed by atoms with van der Waals surface area (Å²) in [4.78, 5) is 11.6. The highest BCUT2D eigenvalue weighted by molar-refractivity contribution is 6.04. The Kier molecular flexibility index (Phi) is 6.46. The predicted molar refractivity (Wildman–Crippen MR) is 132 cm³/mol. The molecule has 168 valence electrons. The molecule has 0 unspecified atom stereocenters. The normalized spacial score (nSPS) is 10.4. The summed E-state index contributed by atoms with van der Waals surface area (Å²) in [6.45, 7) is 3.41. The number of carbonyl (C=O) groups excluding carboxylic acids is 1. The van der Waals surface area contributed by atoms with E-state index in [9.17, 15) is 20.1 Å². The van der Waals surface area contributed by atoms with Gasteiger partial charge in [-0.3, -0.25) is 0 Å². The van der Waals surface area contributed by atoms with Gasteiger partial charge in [-0.25, -0.2) is 4.79 Å². The van der Waals surface area contributed by atoms with Gasteiger partial charge in [-0.05, 0) is 81.9 Å². The van der Waals surface area contributed by atoms with Crippen molar-refractivity contribution >= 4 is 17.1 Å². The molecule has 0 radical (unpaired) electrons. The molecule has 0 saturated heterocycles. The first kappa shape index (κ1) is 22.4. The van der Waals surface area contributed by atoms with Gasteiger partial charge in [0.15, 0.2) is 0 Å². The second-order valence-electron chi connectivity index (χ2n) is 7.54. The molecule has 3 N–H and O–H groups in total. The highest BCUT2D eigenvalue weighted by Gasteiger charge is 2.17. The Labute approximate surface area is 197 Å². The molecule has 5 heteroatoms. The summed E-state index contributed by atoms with van der Waals surface area (Å²) >= 11 is 0. The lowest BCUT2D eigenvalue weighted by molar-refractivity contribution is -0.128. The Balaban J connectivity index is 1.99. The first-order chi connectivity index (χ1) is 16.4. The van der Waals surface area contributed by atoms with Crippen molar-refractivity contribution in [2.75, 3.05) is 0 Å². The van der Waals surface area contributed by atoms with Gasteiger partial charge in [-0.1, -0.05) is 55.1 Å². The molecular formula is C29H22O5. The molecule has 0 bridgehead atoms. The number of hydrogen-bond donors (Lipinski definition) is 3. The maximum absolute atomic E-state index is 11.6. The Morgan fingerprint density at radius 2 is 0.853 bits per heavy atom. The van der Waals surface area contributed by atoms with E-state index >= 15 is 0 Å². The van der Waals surface area contributed by atoms with Crippen molar-refractivity contribution in [3.63, 3.8) is 0 Å². The van der Waals surface area contributed by atoms with E-state index in [0.29, 0.717) is 5.75 Å². The molecule has 4 aromatic carbocycles. The molecule has 0 atom stereocenters. The van der Waals surface area contributed by atoms with Gasteiger partial charge in [0.05, 0.1) is 0 Å². The second-order valence-corrected chi connectivity index (χ2v) is 7.54. The zero-order valence-corrected chi connectivity index (χ0v) is 18.2. The third kappa shape index (κ3) is 5.00. The number of ether oxygens (including phenoxy) is 1. The Morgan fingerprint density at radius 1 is 0.559 bits per heavy atom. The SMILES string of the molecule is C=CC(=O)Oc1ccc(C(=C(c2ccc(O)cc2)c2ccc(O)cc2)c2ccc(O)cc2)cc1. The number of aromatic hydroxyl groups is 3. The molecule has 0 heterocycles. The van der Waals surface area contributed by atoms with E-state index in [-0.39, 0.29) is 17.2 Å². The number of phenols is 3. The van der Waals surface area contributed by atoms with Crippen LogP contribution in [0.4, 0.5) is 0 Å². The predicted octanol–water partition coefficient (Wildman–Crippen LogP) is 5.90. The van der Waals surface area contributed by atoms with Gasteiger partial charge in [-0.15, -0.1) is 0 Å². The average Bonchev–Trinajstić information content (AvgIpc) is 2.85. The van der Waals surface area contributed by atoms with Crippen LogP contribution in [0.15, 0.2) is 110 Å². The summed E-state index contributed by atoms with van der Waals surface area (Å²) in [6.07, 6.45) is 1.10. The first-order valence-corrected chi connectivity index (χ1v) is 10.5. The van der Waals surface area contributed by atoms with Gasteiger partial charge in [0.1, 0.15) is 23.0 Å². The zero-order chi connectivity index (χ0) is 24.1. The minimum absolute atomic E-state index is 0.144. The highest BCUT2D eigenvalue weighted by Crippen LogP contribution is 2.38. The zero-order valence-electron chi connectivity index (χ0n) is 18.2. The lowest BCUT2D eigenvalue weighted by atomic mass is 9.85. The van der Waals surface area contributed by atoms with Gasteiger partial charge < -0.3 is 20.1 Å². The number of rotatable bonds is 6. The smallest absolute Gasteiger partial charge is 0.335 e. The van der Waals surface area contributed by atoms with E-state index < -0.39 is 5.97 Å². The minimum Gasteiger partial charge on any atom is -0.508 e. The minimum atomic E-state index is -0.545. The van der Waals surface area contributed by atoms with E-state index in [0.717, 1.165) is 39.5 Å². The standard InChI is InChI=1S/C29H22O5/c1-2-27(33)34-26-17-9-22(10-18-26)29(21-7-15-25(32)16-8-21)28(19-3-11-23(30)12-4-19)20-5-13-24(31)14-6-20/h2-18,30-32H,1H2. The maximum Gasteiger partial charge on any atom is 0.335 e. The Bertz CT molecular complexity index is 1280. The van der Waals surface area contributed by atoms with Gasteiger partial charge in [0.25, 0.3) is 0 Å². The topological polar surface area (TPSA) is 87.0 Å². The number of hydrogen-bond acceptors (Lipinski definition) is 5. The number of phenolic OH excluding ortho intramolecular Hbond substituents is 3. The molecule has 4 rings (SSSR count). The average molecular weight is 450 g/mol. The van der Waals surface area contributed by atoms with E-state index in [4.69, 9.17) is 4.74 Å². The van der Waals surface area contributed by atoms with Crippen molar-refractivity contribution in [3.8, 4) is 23.0 Å². The van der Waals surface area contributed by atoms with Crippen LogP contribution >= 0.6 is 0 Å². The fourth-order valence-corrected chi connectivity index (χ4v) is 3.64. The number of esters is 1. The van der Waals surface area contributed by atoms with Crippen LogP contribution < -0.4 is 4.74 Å². The van der Waals surface area contributed by atoms with Crippen LogP contribution in [0.3, 0.4) is 0 Å². The van der Waals surface area contributed by atoms with Gasteiger partial charge in [0, 0.05) is 6.08 Å². The third-order valence-corrected chi connectivity index (χ3v) is 5.25. The van der Waals surface area contributed by atoms with Crippen LogP contribution in [0.1, 0.15) is 22.3 Å². The van der Waals surface area contributed by atoms with E-state index in [1.54, 1.807) is 48.5 Å². The van der Waals surface area contributed by atoms with Gasteiger partial charge in [-0.2, -0.15) is 0 Å². The van der Waals surface area contributed by atoms with Crippen molar-refractivity contribution in [2.45, 2.75) is 0 Å². The van der Waals surface area contributed by atoms with E-state index in [1.807, 2.05) is 48.5 Å². The third-order valence-electron chi connectivity index (χ3n) is 5.25. The molecule has 0 amide bonds. The molecule has 0 aliphatic carbocycles. The summed E-state index contributed by atoms with van der Waals surface area (Å²) in [5.74, 6) is 0.276. The molecule has 4 aromatic rings. The van der Waals surface area contributed by atoms with Crippen molar-refractivity contribution in [1.29, 1.82) is 0 Å². The molecule has 34 heavy (non-hydrogen) atoms. The number of carbonyl (C=O) groups is 1. The Morgan fingerprint density at radius 3 is 1.15 bits per heavy atom. The lowest BCUT2D eigenvalue weighted by Gasteiger charge is -2.18. The fraction of sp³-hybridized carbons (Fsp3) is 0. The first-order valence-electron chi connectivity index (χ1n) is 10.5. The highest BCUT2D eigenvalue weighted by atomic mass is 16.5. The molecular weight excluding hydrogens is 428 g/mol. The van der Waals surface area contributed by atoms with Gasteiger partial charge >= 0.3 is 5.97 Å². The summed E-state index contributed by atoms with van der Waals surface area (Å²) < 4.78 is 5.21. The van der Waals surface area contributed by atoms with Crippen molar-refractivity contribution in [2.24, 2.45) is 0 Å². The Hall–Kier alpha value is -4.77. The largest absolute Gasteiger partial charge is 0.508 e. The van der Waals surface area contributed by atoms with Crippen LogP contribution in [-0.2, 0) is 4.79 Å². The summed E-state index contributed by atoms with van der Waals surface area (Å²) in [5.41, 5.74) is 5.05. The van der Waals surface area contributed by atoms with Crippen LogP contribution in [0.25, 0.3) is 11.1 Å². The fourth-order valence-electron chi connectivity index (χ4n) is 3.64. The van der Waals surface area contributed by atoms with Crippen LogP contribution in [-0.4, -0.2) is 21.3 Å². The van der Waals surface area contributed by atoms with Crippen molar-refractivity contribution in [1.82, 2.24) is 0 Å². The van der Waals surface area contributed by atoms with E-state index in [2.05, 4.69) is 6.58 Å². The van der Waals surface area contributed by atoms with Crippen LogP contribution in [0.5, 0.6) is 23.0 Å². The second kappa shape index (κ2) is 9.79. The van der Waals surface area contributed by atoms with Crippen molar-refractivity contribution in [3.05, 3.63) is 132 Å². The van der Waals surface area contributed by atoms with Crippen molar-refractivity contribution < 1.29 is 24.9 Å². The quantitative estimate of drug-likeness (QED) is 0.147. The molecule has 5 nitrogen and oxygen atoms in total. The molecule has 0 aromatic heterocycles. The monoisotopic (exact) mass is 450 g/mol.